The van der Waals surface area contributed by atoms with Gasteiger partial charge in [-0.3, -0.25) is 0 Å². The second-order valence-corrected chi connectivity index (χ2v) is 6.31. The lowest BCUT2D eigenvalue weighted by atomic mass is 9.78. The van der Waals surface area contributed by atoms with Gasteiger partial charge in [0.15, 0.2) is 11.0 Å². The standard InChI is InChI=1S/C15H22ClN3/c1-10-11(2)18-15(14(16)17-10)19-9-5-7-12-6-3-4-8-13(12)19/h12-13H,3-9H2,1-2H3/t12-,13-/m1/s1. The van der Waals surface area contributed by atoms with Gasteiger partial charge in [-0.25, -0.2) is 9.97 Å². The number of piperidine rings is 1. The molecule has 0 spiro atoms. The predicted molar refractivity (Wildman–Crippen MR) is 78.8 cm³/mol. The molecule has 2 aliphatic rings. The second kappa shape index (κ2) is 5.28. The van der Waals surface area contributed by atoms with E-state index in [0.717, 1.165) is 29.7 Å². The Kier molecular flexibility index (Phi) is 3.66. The summed E-state index contributed by atoms with van der Waals surface area (Å²) in [5, 5.41) is 0.578. The number of nitrogens with zero attached hydrogens (tertiary/aromatic N) is 3. The van der Waals surface area contributed by atoms with E-state index < -0.39 is 0 Å². The monoisotopic (exact) mass is 279 g/mol. The van der Waals surface area contributed by atoms with Crippen LogP contribution in [0.2, 0.25) is 5.15 Å². The molecule has 1 aromatic rings. The van der Waals surface area contributed by atoms with Crippen LogP contribution < -0.4 is 4.90 Å². The van der Waals surface area contributed by atoms with E-state index in [4.69, 9.17) is 16.6 Å². The van der Waals surface area contributed by atoms with E-state index in [1.165, 1.54) is 38.5 Å². The van der Waals surface area contributed by atoms with Crippen LogP contribution in [0.4, 0.5) is 5.82 Å². The summed E-state index contributed by atoms with van der Waals surface area (Å²) >= 11 is 6.35. The van der Waals surface area contributed by atoms with Gasteiger partial charge < -0.3 is 4.90 Å². The van der Waals surface area contributed by atoms with Gasteiger partial charge in [0, 0.05) is 12.6 Å². The van der Waals surface area contributed by atoms with Crippen LogP contribution in [0.3, 0.4) is 0 Å². The smallest absolute Gasteiger partial charge is 0.171 e. The number of anilines is 1. The summed E-state index contributed by atoms with van der Waals surface area (Å²) in [6.45, 7) is 5.07. The molecule has 3 rings (SSSR count). The maximum atomic E-state index is 6.35. The average Bonchev–Trinajstić information content (AvgIpc) is 2.42. The average molecular weight is 280 g/mol. The first-order valence-corrected chi connectivity index (χ1v) is 7.82. The highest BCUT2D eigenvalue weighted by atomic mass is 35.5. The van der Waals surface area contributed by atoms with E-state index >= 15 is 0 Å². The summed E-state index contributed by atoms with van der Waals surface area (Å²) in [7, 11) is 0. The lowest BCUT2D eigenvalue weighted by Crippen LogP contribution is -2.47. The van der Waals surface area contributed by atoms with Gasteiger partial charge in [-0.1, -0.05) is 24.4 Å². The van der Waals surface area contributed by atoms with Crippen LogP contribution in [0.15, 0.2) is 0 Å². The summed E-state index contributed by atoms with van der Waals surface area (Å²) in [6, 6.07) is 0.636. The number of hydrogen-bond donors (Lipinski definition) is 0. The highest BCUT2D eigenvalue weighted by molar-refractivity contribution is 6.31. The number of hydrogen-bond acceptors (Lipinski definition) is 3. The van der Waals surface area contributed by atoms with Crippen molar-refractivity contribution >= 4 is 17.4 Å². The molecule has 2 atom stereocenters. The normalized spacial score (nSPS) is 27.2. The Morgan fingerprint density at radius 1 is 1.00 bits per heavy atom. The number of aryl methyl sites for hydroxylation is 2. The summed E-state index contributed by atoms with van der Waals surface area (Å²) in [5.41, 5.74) is 1.93. The Morgan fingerprint density at radius 2 is 1.68 bits per heavy atom. The number of aromatic nitrogens is 2. The van der Waals surface area contributed by atoms with Crippen LogP contribution >= 0.6 is 11.6 Å². The van der Waals surface area contributed by atoms with Crippen LogP contribution in [0.25, 0.3) is 0 Å². The fourth-order valence-electron chi connectivity index (χ4n) is 3.63. The molecular formula is C15H22ClN3. The summed E-state index contributed by atoms with van der Waals surface area (Å²) in [5.74, 6) is 1.75. The van der Waals surface area contributed by atoms with Crippen molar-refractivity contribution in [2.45, 2.75) is 58.4 Å². The highest BCUT2D eigenvalue weighted by Gasteiger charge is 2.35. The largest absolute Gasteiger partial charge is 0.351 e. The number of rotatable bonds is 1. The van der Waals surface area contributed by atoms with Crippen molar-refractivity contribution in [1.29, 1.82) is 0 Å². The van der Waals surface area contributed by atoms with Gasteiger partial charge in [0.25, 0.3) is 0 Å². The van der Waals surface area contributed by atoms with Gasteiger partial charge in [0.1, 0.15) is 0 Å². The van der Waals surface area contributed by atoms with Gasteiger partial charge in [0.05, 0.1) is 11.4 Å². The third kappa shape index (κ3) is 2.45. The van der Waals surface area contributed by atoms with Crippen molar-refractivity contribution in [2.75, 3.05) is 11.4 Å². The van der Waals surface area contributed by atoms with E-state index in [1.807, 2.05) is 13.8 Å². The lowest BCUT2D eigenvalue weighted by molar-refractivity contribution is 0.242. The van der Waals surface area contributed by atoms with Crippen LogP contribution in [0.5, 0.6) is 0 Å². The maximum Gasteiger partial charge on any atom is 0.171 e. The molecule has 2 fully saturated rings. The zero-order valence-corrected chi connectivity index (χ0v) is 12.6. The topological polar surface area (TPSA) is 29.0 Å². The minimum Gasteiger partial charge on any atom is -0.351 e. The Morgan fingerprint density at radius 3 is 2.53 bits per heavy atom. The first-order valence-electron chi connectivity index (χ1n) is 7.44. The Hall–Kier alpha value is -0.830. The fraction of sp³-hybridized carbons (Fsp3) is 0.733. The molecule has 3 nitrogen and oxygen atoms in total. The van der Waals surface area contributed by atoms with E-state index in [1.54, 1.807) is 0 Å². The summed E-state index contributed by atoms with van der Waals surface area (Å²) < 4.78 is 0. The van der Waals surface area contributed by atoms with E-state index in [0.29, 0.717) is 11.2 Å². The number of fused-ring (bicyclic) bond motifs is 1. The SMILES string of the molecule is Cc1nc(Cl)c(N2CCC[C@H]3CCCC[C@H]32)nc1C. The van der Waals surface area contributed by atoms with Gasteiger partial charge in [-0.2, -0.15) is 0 Å². The molecule has 0 unspecified atom stereocenters. The molecule has 1 aromatic heterocycles. The summed E-state index contributed by atoms with van der Waals surface area (Å²) in [6.07, 6.45) is 8.02. The molecule has 19 heavy (non-hydrogen) atoms. The zero-order valence-electron chi connectivity index (χ0n) is 11.8. The van der Waals surface area contributed by atoms with Gasteiger partial charge in [0.2, 0.25) is 0 Å². The Bertz CT molecular complexity index is 473. The zero-order chi connectivity index (χ0) is 13.4. The van der Waals surface area contributed by atoms with Crippen molar-refractivity contribution < 1.29 is 0 Å². The second-order valence-electron chi connectivity index (χ2n) is 5.96. The molecule has 1 aliphatic heterocycles. The first-order chi connectivity index (χ1) is 9.16. The van der Waals surface area contributed by atoms with Gasteiger partial charge in [-0.05, 0) is 45.4 Å². The fourth-order valence-corrected chi connectivity index (χ4v) is 3.91. The minimum atomic E-state index is 0.578. The Labute approximate surface area is 120 Å². The molecule has 0 aromatic carbocycles. The van der Waals surface area contributed by atoms with Crippen molar-refractivity contribution in [2.24, 2.45) is 5.92 Å². The van der Waals surface area contributed by atoms with Crippen molar-refractivity contribution in [1.82, 2.24) is 9.97 Å². The van der Waals surface area contributed by atoms with Crippen LogP contribution in [-0.2, 0) is 0 Å². The van der Waals surface area contributed by atoms with Crippen LogP contribution in [0.1, 0.15) is 49.9 Å². The van der Waals surface area contributed by atoms with Gasteiger partial charge in [-0.15, -0.1) is 0 Å². The third-order valence-corrected chi connectivity index (χ3v) is 5.02. The number of halogens is 1. The molecule has 1 saturated heterocycles. The molecule has 0 N–H and O–H groups in total. The predicted octanol–water partition coefficient (Wildman–Crippen LogP) is 3.91. The van der Waals surface area contributed by atoms with Crippen LogP contribution in [0, 0.1) is 19.8 Å². The lowest BCUT2D eigenvalue weighted by Gasteiger charge is -2.44. The third-order valence-electron chi connectivity index (χ3n) is 4.76. The molecule has 104 valence electrons. The van der Waals surface area contributed by atoms with Gasteiger partial charge >= 0.3 is 0 Å². The summed E-state index contributed by atoms with van der Waals surface area (Å²) in [4.78, 5) is 11.6. The quantitative estimate of drug-likeness (QED) is 0.780. The van der Waals surface area contributed by atoms with Crippen molar-refractivity contribution in [3.8, 4) is 0 Å². The van der Waals surface area contributed by atoms with E-state index in [-0.39, 0.29) is 0 Å². The first kappa shape index (κ1) is 13.2. The molecule has 4 heteroatoms. The molecule has 1 aliphatic carbocycles. The molecule has 0 radical (unpaired) electrons. The highest BCUT2D eigenvalue weighted by Crippen LogP contribution is 2.38. The van der Waals surface area contributed by atoms with Crippen molar-refractivity contribution in [3.05, 3.63) is 16.5 Å². The molecule has 0 amide bonds. The Balaban J connectivity index is 1.93. The molecular weight excluding hydrogens is 258 g/mol. The molecule has 0 bridgehead atoms. The molecule has 1 saturated carbocycles. The minimum absolute atomic E-state index is 0.578. The van der Waals surface area contributed by atoms with E-state index in [2.05, 4.69) is 9.88 Å². The van der Waals surface area contributed by atoms with Crippen LogP contribution in [-0.4, -0.2) is 22.6 Å². The van der Waals surface area contributed by atoms with E-state index in [9.17, 15) is 0 Å². The molecule has 2 heterocycles. The van der Waals surface area contributed by atoms with Crippen molar-refractivity contribution in [3.63, 3.8) is 0 Å². The maximum absolute atomic E-state index is 6.35.